The van der Waals surface area contributed by atoms with Gasteiger partial charge in [0.2, 0.25) is 0 Å². The van der Waals surface area contributed by atoms with Crippen molar-refractivity contribution in [2.75, 3.05) is 19.7 Å². The quantitative estimate of drug-likeness (QED) is 0.567. The second-order valence-corrected chi connectivity index (χ2v) is 2.11. The van der Waals surface area contributed by atoms with Crippen molar-refractivity contribution in [3.05, 3.63) is 0 Å². The molecule has 0 rings (SSSR count). The Morgan fingerprint density at radius 1 is 1.50 bits per heavy atom. The molecule has 62 valence electrons. The van der Waals surface area contributed by atoms with Gasteiger partial charge >= 0.3 is 0 Å². The molecule has 0 bridgehead atoms. The molecule has 4 heteroatoms. The highest BCUT2D eigenvalue weighted by atomic mass is 19.3. The number of hydrogen-bond acceptors (Lipinski definition) is 2. The number of aliphatic hydroxyl groups is 1. The lowest BCUT2D eigenvalue weighted by atomic mass is 10.2. The first-order chi connectivity index (χ1) is 4.62. The van der Waals surface area contributed by atoms with Crippen LogP contribution in [0.5, 0.6) is 0 Å². The van der Waals surface area contributed by atoms with Crippen molar-refractivity contribution < 1.29 is 13.9 Å². The summed E-state index contributed by atoms with van der Waals surface area (Å²) in [6.07, 6.45) is -0.161. The monoisotopic (exact) mass is 153 g/mol. The van der Waals surface area contributed by atoms with Crippen molar-refractivity contribution >= 4 is 0 Å². The molecule has 0 saturated heterocycles. The van der Waals surface area contributed by atoms with Crippen LogP contribution < -0.4 is 5.32 Å². The molecule has 0 unspecified atom stereocenters. The predicted molar refractivity (Wildman–Crippen MR) is 35.2 cm³/mol. The van der Waals surface area contributed by atoms with Crippen LogP contribution in [0.25, 0.3) is 0 Å². The summed E-state index contributed by atoms with van der Waals surface area (Å²) in [5.41, 5.74) is 0. The standard InChI is InChI=1S/C6H13F2NO/c1-2-6(7,8)5-9-3-4-10/h9-10H,2-5H2,1H3. The van der Waals surface area contributed by atoms with Crippen LogP contribution in [0, 0.1) is 0 Å². The van der Waals surface area contributed by atoms with Crippen LogP contribution >= 0.6 is 0 Å². The third-order valence-corrected chi connectivity index (χ3v) is 1.19. The van der Waals surface area contributed by atoms with E-state index in [1.807, 2.05) is 0 Å². The summed E-state index contributed by atoms with van der Waals surface area (Å²) in [6.45, 7) is 1.22. The van der Waals surface area contributed by atoms with Crippen molar-refractivity contribution in [3.8, 4) is 0 Å². The Balaban J connectivity index is 3.28. The lowest BCUT2D eigenvalue weighted by molar-refractivity contribution is -0.00211. The second-order valence-electron chi connectivity index (χ2n) is 2.11. The average molecular weight is 153 g/mol. The van der Waals surface area contributed by atoms with Crippen LogP contribution in [0.15, 0.2) is 0 Å². The Kier molecular flexibility index (Phi) is 4.47. The Morgan fingerprint density at radius 2 is 2.10 bits per heavy atom. The summed E-state index contributed by atoms with van der Waals surface area (Å²) < 4.78 is 24.7. The van der Waals surface area contributed by atoms with Crippen molar-refractivity contribution in [1.82, 2.24) is 5.32 Å². The fourth-order valence-corrected chi connectivity index (χ4v) is 0.475. The summed E-state index contributed by atoms with van der Waals surface area (Å²) in [5, 5.41) is 10.7. The summed E-state index contributed by atoms with van der Waals surface area (Å²) >= 11 is 0. The Morgan fingerprint density at radius 3 is 2.50 bits per heavy atom. The summed E-state index contributed by atoms with van der Waals surface area (Å²) in [4.78, 5) is 0. The van der Waals surface area contributed by atoms with Crippen LogP contribution in [0.4, 0.5) is 8.78 Å². The average Bonchev–Trinajstić information content (AvgIpc) is 1.89. The molecule has 0 aliphatic rings. The molecule has 0 aliphatic heterocycles. The number of hydrogen-bond donors (Lipinski definition) is 2. The van der Waals surface area contributed by atoms with Gasteiger partial charge in [0.05, 0.1) is 13.2 Å². The SMILES string of the molecule is CCC(F)(F)CNCCO. The number of alkyl halides is 2. The van der Waals surface area contributed by atoms with Gasteiger partial charge in [-0.05, 0) is 0 Å². The lowest BCUT2D eigenvalue weighted by Gasteiger charge is -2.13. The third-order valence-electron chi connectivity index (χ3n) is 1.19. The van der Waals surface area contributed by atoms with E-state index >= 15 is 0 Å². The maximum atomic E-state index is 12.3. The van der Waals surface area contributed by atoms with E-state index in [1.165, 1.54) is 6.92 Å². The van der Waals surface area contributed by atoms with E-state index in [-0.39, 0.29) is 26.1 Å². The van der Waals surface area contributed by atoms with Crippen molar-refractivity contribution in [2.45, 2.75) is 19.3 Å². The molecule has 2 nitrogen and oxygen atoms in total. The lowest BCUT2D eigenvalue weighted by Crippen LogP contribution is -2.33. The van der Waals surface area contributed by atoms with Gasteiger partial charge in [0.15, 0.2) is 0 Å². The smallest absolute Gasteiger partial charge is 0.260 e. The van der Waals surface area contributed by atoms with E-state index < -0.39 is 5.92 Å². The normalized spacial score (nSPS) is 12.0. The minimum absolute atomic E-state index is 0.0974. The van der Waals surface area contributed by atoms with Crippen molar-refractivity contribution in [2.24, 2.45) is 0 Å². The predicted octanol–water partition coefficient (Wildman–Crippen LogP) is 0.614. The summed E-state index contributed by atoms with van der Waals surface area (Å²) in [5.74, 6) is -2.63. The highest BCUT2D eigenvalue weighted by Gasteiger charge is 2.24. The second kappa shape index (κ2) is 4.57. The van der Waals surface area contributed by atoms with Crippen LogP contribution in [-0.4, -0.2) is 30.7 Å². The Bertz CT molecular complexity index is 87.8. The van der Waals surface area contributed by atoms with Crippen molar-refractivity contribution in [3.63, 3.8) is 0 Å². The van der Waals surface area contributed by atoms with E-state index in [0.29, 0.717) is 0 Å². The molecule has 0 spiro atoms. The molecule has 10 heavy (non-hydrogen) atoms. The summed E-state index contributed by atoms with van der Waals surface area (Å²) in [7, 11) is 0. The molecule has 0 amide bonds. The number of rotatable bonds is 5. The molecule has 0 aliphatic carbocycles. The first kappa shape index (κ1) is 9.78. The molecule has 2 N–H and O–H groups in total. The van der Waals surface area contributed by atoms with Gasteiger partial charge in [-0.1, -0.05) is 6.92 Å². The molecule has 0 atom stereocenters. The highest BCUT2D eigenvalue weighted by Crippen LogP contribution is 2.15. The maximum absolute atomic E-state index is 12.3. The molecular weight excluding hydrogens is 140 g/mol. The van der Waals surface area contributed by atoms with E-state index in [1.54, 1.807) is 0 Å². The van der Waals surface area contributed by atoms with E-state index in [9.17, 15) is 8.78 Å². The Hall–Kier alpha value is -0.220. The molecule has 0 aromatic rings. The Labute approximate surface area is 59.2 Å². The molecule has 0 radical (unpaired) electrons. The highest BCUT2D eigenvalue weighted by molar-refractivity contribution is 4.66. The van der Waals surface area contributed by atoms with E-state index in [4.69, 9.17) is 5.11 Å². The fourth-order valence-electron chi connectivity index (χ4n) is 0.475. The van der Waals surface area contributed by atoms with Gasteiger partial charge in [-0.15, -0.1) is 0 Å². The van der Waals surface area contributed by atoms with Crippen LogP contribution in [0.1, 0.15) is 13.3 Å². The molecule has 0 saturated carbocycles. The first-order valence-electron chi connectivity index (χ1n) is 3.32. The van der Waals surface area contributed by atoms with E-state index in [0.717, 1.165) is 0 Å². The molecule has 0 heterocycles. The van der Waals surface area contributed by atoms with Crippen LogP contribution in [0.3, 0.4) is 0 Å². The molecule has 0 aromatic heterocycles. The molecule has 0 aromatic carbocycles. The van der Waals surface area contributed by atoms with Gasteiger partial charge in [-0.25, -0.2) is 8.78 Å². The maximum Gasteiger partial charge on any atom is 0.260 e. The number of aliphatic hydroxyl groups excluding tert-OH is 1. The zero-order valence-corrected chi connectivity index (χ0v) is 6.03. The zero-order valence-electron chi connectivity index (χ0n) is 6.03. The number of halogens is 2. The van der Waals surface area contributed by atoms with Crippen LogP contribution in [0.2, 0.25) is 0 Å². The largest absolute Gasteiger partial charge is 0.395 e. The zero-order chi connectivity index (χ0) is 8.04. The van der Waals surface area contributed by atoms with Gasteiger partial charge in [-0.2, -0.15) is 0 Å². The minimum atomic E-state index is -2.63. The number of nitrogens with one attached hydrogen (secondary N) is 1. The summed E-state index contributed by atoms with van der Waals surface area (Å²) in [6, 6.07) is 0. The molecular formula is C6H13F2NO. The topological polar surface area (TPSA) is 32.3 Å². The first-order valence-corrected chi connectivity index (χ1v) is 3.32. The van der Waals surface area contributed by atoms with Gasteiger partial charge in [0.25, 0.3) is 5.92 Å². The van der Waals surface area contributed by atoms with Crippen molar-refractivity contribution in [1.29, 1.82) is 0 Å². The van der Waals surface area contributed by atoms with Gasteiger partial charge in [0.1, 0.15) is 0 Å². The minimum Gasteiger partial charge on any atom is -0.395 e. The van der Waals surface area contributed by atoms with Crippen LogP contribution in [-0.2, 0) is 0 Å². The van der Waals surface area contributed by atoms with Gasteiger partial charge in [0, 0.05) is 13.0 Å². The fraction of sp³-hybridized carbons (Fsp3) is 1.00. The van der Waals surface area contributed by atoms with Gasteiger partial charge in [-0.3, -0.25) is 0 Å². The molecule has 0 fully saturated rings. The van der Waals surface area contributed by atoms with E-state index in [2.05, 4.69) is 5.32 Å². The van der Waals surface area contributed by atoms with Gasteiger partial charge < -0.3 is 10.4 Å². The third kappa shape index (κ3) is 4.64.